The van der Waals surface area contributed by atoms with E-state index in [9.17, 15) is 4.79 Å². The monoisotopic (exact) mass is 201 g/mol. The Balaban J connectivity index is 2.21. The number of carbonyl (C=O) groups is 1. The van der Waals surface area contributed by atoms with Crippen LogP contribution in [0.25, 0.3) is 11.3 Å². The Morgan fingerprint density at radius 1 is 1.33 bits per heavy atom. The van der Waals surface area contributed by atoms with Crippen LogP contribution in [-0.4, -0.2) is 15.9 Å². The number of aromatic nitrogens is 2. The molecule has 1 amide bonds. The highest BCUT2D eigenvalue weighted by Crippen LogP contribution is 2.16. The summed E-state index contributed by atoms with van der Waals surface area (Å²) in [6.45, 7) is 0. The van der Waals surface area contributed by atoms with Gasteiger partial charge in [-0.25, -0.2) is 4.98 Å². The maximum absolute atomic E-state index is 10.7. The van der Waals surface area contributed by atoms with Gasteiger partial charge in [0.25, 0.3) is 0 Å². The molecule has 4 nitrogen and oxygen atoms in total. The molecule has 0 atom stereocenters. The van der Waals surface area contributed by atoms with Crippen LogP contribution in [0.1, 0.15) is 5.56 Å². The third kappa shape index (κ3) is 2.22. The summed E-state index contributed by atoms with van der Waals surface area (Å²) in [7, 11) is 0. The predicted molar refractivity (Wildman–Crippen MR) is 56.9 cm³/mol. The average molecular weight is 201 g/mol. The van der Waals surface area contributed by atoms with Gasteiger partial charge in [-0.15, -0.1) is 0 Å². The number of rotatable bonds is 3. The summed E-state index contributed by atoms with van der Waals surface area (Å²) in [4.78, 5) is 17.7. The number of aromatic amines is 1. The predicted octanol–water partition coefficient (Wildman–Crippen LogP) is 1.10. The second-order valence-corrected chi connectivity index (χ2v) is 3.29. The van der Waals surface area contributed by atoms with Gasteiger partial charge < -0.3 is 10.7 Å². The van der Waals surface area contributed by atoms with Gasteiger partial charge >= 0.3 is 0 Å². The zero-order chi connectivity index (χ0) is 10.7. The molecule has 0 unspecified atom stereocenters. The molecule has 0 fully saturated rings. The fourth-order valence-electron chi connectivity index (χ4n) is 1.41. The lowest BCUT2D eigenvalue weighted by Crippen LogP contribution is -2.13. The minimum atomic E-state index is -0.317. The Bertz CT molecular complexity index is 445. The summed E-state index contributed by atoms with van der Waals surface area (Å²) >= 11 is 0. The van der Waals surface area contributed by atoms with E-state index in [1.54, 1.807) is 6.33 Å². The van der Waals surface area contributed by atoms with E-state index in [2.05, 4.69) is 9.97 Å². The molecule has 0 saturated heterocycles. The first-order valence-electron chi connectivity index (χ1n) is 4.62. The quantitative estimate of drug-likeness (QED) is 0.780. The minimum Gasteiger partial charge on any atom is -0.369 e. The van der Waals surface area contributed by atoms with Gasteiger partial charge in [-0.2, -0.15) is 0 Å². The van der Waals surface area contributed by atoms with Crippen molar-refractivity contribution < 1.29 is 4.79 Å². The standard InChI is InChI=1S/C11H11N3O/c12-11(15)5-8-1-3-9(4-2-8)10-6-13-7-14-10/h1-4,6-7H,5H2,(H2,12,15)(H,13,14). The second-order valence-electron chi connectivity index (χ2n) is 3.29. The van der Waals surface area contributed by atoms with Crippen molar-refractivity contribution in [3.8, 4) is 11.3 Å². The Morgan fingerprint density at radius 3 is 2.60 bits per heavy atom. The molecule has 0 spiro atoms. The number of nitrogens with zero attached hydrogens (tertiary/aromatic N) is 1. The van der Waals surface area contributed by atoms with E-state index in [1.165, 1.54) is 0 Å². The maximum atomic E-state index is 10.7. The van der Waals surface area contributed by atoms with Crippen LogP contribution in [0.4, 0.5) is 0 Å². The van der Waals surface area contributed by atoms with Crippen molar-refractivity contribution in [2.75, 3.05) is 0 Å². The highest BCUT2D eigenvalue weighted by Gasteiger charge is 2.01. The van der Waals surface area contributed by atoms with Gasteiger partial charge in [0, 0.05) is 11.8 Å². The minimum absolute atomic E-state index is 0.279. The summed E-state index contributed by atoms with van der Waals surface area (Å²) in [6, 6.07) is 7.62. The molecule has 1 heterocycles. The van der Waals surface area contributed by atoms with Crippen molar-refractivity contribution in [1.29, 1.82) is 0 Å². The van der Waals surface area contributed by atoms with Gasteiger partial charge in [-0.3, -0.25) is 4.79 Å². The van der Waals surface area contributed by atoms with E-state index in [4.69, 9.17) is 5.73 Å². The van der Waals surface area contributed by atoms with Crippen LogP contribution in [0.5, 0.6) is 0 Å². The molecule has 1 aromatic carbocycles. The Hall–Kier alpha value is -2.10. The van der Waals surface area contributed by atoms with Crippen molar-refractivity contribution in [2.24, 2.45) is 5.73 Å². The number of nitrogens with two attached hydrogens (primary N) is 1. The molecule has 2 aromatic rings. The van der Waals surface area contributed by atoms with Crippen LogP contribution in [-0.2, 0) is 11.2 Å². The van der Waals surface area contributed by atoms with Gasteiger partial charge in [0.05, 0.1) is 18.4 Å². The van der Waals surface area contributed by atoms with Gasteiger partial charge in [-0.05, 0) is 5.56 Å². The molecule has 0 aliphatic heterocycles. The number of primary amides is 1. The molecule has 2 rings (SSSR count). The lowest BCUT2D eigenvalue weighted by molar-refractivity contribution is -0.117. The number of nitrogens with one attached hydrogen (secondary N) is 1. The summed E-state index contributed by atoms with van der Waals surface area (Å²) in [5.74, 6) is -0.317. The van der Waals surface area contributed by atoms with Crippen molar-refractivity contribution >= 4 is 5.91 Å². The maximum Gasteiger partial charge on any atom is 0.221 e. The Morgan fingerprint density at radius 2 is 2.07 bits per heavy atom. The van der Waals surface area contributed by atoms with Gasteiger partial charge in [0.15, 0.2) is 0 Å². The topological polar surface area (TPSA) is 71.8 Å². The summed E-state index contributed by atoms with van der Waals surface area (Å²) in [5, 5.41) is 0. The van der Waals surface area contributed by atoms with E-state index in [1.807, 2.05) is 30.5 Å². The normalized spacial score (nSPS) is 10.1. The number of H-pyrrole nitrogens is 1. The fourth-order valence-corrected chi connectivity index (χ4v) is 1.41. The number of hydrogen-bond donors (Lipinski definition) is 2. The van der Waals surface area contributed by atoms with Crippen molar-refractivity contribution in [3.63, 3.8) is 0 Å². The summed E-state index contributed by atoms with van der Waals surface area (Å²) < 4.78 is 0. The zero-order valence-electron chi connectivity index (χ0n) is 8.10. The number of benzene rings is 1. The smallest absolute Gasteiger partial charge is 0.221 e. The van der Waals surface area contributed by atoms with Gasteiger partial charge in [-0.1, -0.05) is 24.3 Å². The lowest BCUT2D eigenvalue weighted by Gasteiger charge is -1.99. The SMILES string of the molecule is NC(=O)Cc1ccc(-c2c[nH]cn2)cc1. The Labute approximate surface area is 87.1 Å². The second kappa shape index (κ2) is 3.96. The van der Waals surface area contributed by atoms with Crippen molar-refractivity contribution in [2.45, 2.75) is 6.42 Å². The summed E-state index contributed by atoms with van der Waals surface area (Å²) in [6.07, 6.45) is 3.73. The Kier molecular flexibility index (Phi) is 2.49. The first kappa shape index (κ1) is 9.45. The van der Waals surface area contributed by atoms with Gasteiger partial charge in [0.2, 0.25) is 5.91 Å². The molecule has 15 heavy (non-hydrogen) atoms. The molecule has 4 heteroatoms. The molecule has 1 aromatic heterocycles. The molecular weight excluding hydrogens is 190 g/mol. The third-order valence-corrected chi connectivity index (χ3v) is 2.13. The van der Waals surface area contributed by atoms with Crippen LogP contribution in [0.3, 0.4) is 0 Å². The molecule has 0 bridgehead atoms. The third-order valence-electron chi connectivity index (χ3n) is 2.13. The molecular formula is C11H11N3O. The van der Waals surface area contributed by atoms with E-state index < -0.39 is 0 Å². The van der Waals surface area contributed by atoms with Gasteiger partial charge in [0.1, 0.15) is 0 Å². The van der Waals surface area contributed by atoms with Crippen LogP contribution >= 0.6 is 0 Å². The number of amides is 1. The molecule has 3 N–H and O–H groups in total. The van der Waals surface area contributed by atoms with E-state index >= 15 is 0 Å². The molecule has 0 radical (unpaired) electrons. The largest absolute Gasteiger partial charge is 0.369 e. The van der Waals surface area contributed by atoms with E-state index in [0.29, 0.717) is 0 Å². The highest BCUT2D eigenvalue weighted by molar-refractivity contribution is 5.76. The van der Waals surface area contributed by atoms with Crippen molar-refractivity contribution in [3.05, 3.63) is 42.4 Å². The first-order chi connectivity index (χ1) is 7.25. The number of imidazole rings is 1. The van der Waals surface area contributed by atoms with E-state index in [0.717, 1.165) is 16.8 Å². The van der Waals surface area contributed by atoms with Crippen LogP contribution in [0, 0.1) is 0 Å². The zero-order valence-corrected chi connectivity index (χ0v) is 8.10. The first-order valence-corrected chi connectivity index (χ1v) is 4.62. The van der Waals surface area contributed by atoms with E-state index in [-0.39, 0.29) is 12.3 Å². The molecule has 76 valence electrons. The summed E-state index contributed by atoms with van der Waals surface area (Å²) in [5.41, 5.74) is 7.93. The number of hydrogen-bond acceptors (Lipinski definition) is 2. The molecule has 0 saturated carbocycles. The molecule has 0 aliphatic carbocycles. The van der Waals surface area contributed by atoms with Crippen LogP contribution < -0.4 is 5.73 Å². The van der Waals surface area contributed by atoms with Crippen LogP contribution in [0.15, 0.2) is 36.8 Å². The highest BCUT2D eigenvalue weighted by atomic mass is 16.1. The average Bonchev–Trinajstić information content (AvgIpc) is 2.71. The van der Waals surface area contributed by atoms with Crippen LogP contribution in [0.2, 0.25) is 0 Å². The van der Waals surface area contributed by atoms with Crippen molar-refractivity contribution in [1.82, 2.24) is 9.97 Å². The lowest BCUT2D eigenvalue weighted by atomic mass is 10.1. The molecule has 0 aliphatic rings. The fraction of sp³-hybridized carbons (Fsp3) is 0.0909. The number of carbonyl (C=O) groups excluding carboxylic acids is 1.